The molecule has 1 aliphatic heterocycles. The fraction of sp³-hybridized carbons (Fsp3) is 0.905. The third-order valence-electron chi connectivity index (χ3n) is 7.70. The van der Waals surface area contributed by atoms with E-state index in [0.29, 0.717) is 24.4 Å². The summed E-state index contributed by atoms with van der Waals surface area (Å²) in [6, 6.07) is 0.425. The van der Waals surface area contributed by atoms with Crippen molar-refractivity contribution in [2.45, 2.75) is 64.0 Å². The van der Waals surface area contributed by atoms with E-state index < -0.39 is 0 Å². The molecule has 4 aliphatic rings. The molecule has 1 saturated heterocycles. The van der Waals surface area contributed by atoms with E-state index in [4.69, 9.17) is 5.73 Å². The molecule has 0 aromatic rings. The number of carbonyl (C=O) groups excluding carboxylic acids is 2. The summed E-state index contributed by atoms with van der Waals surface area (Å²) in [6.07, 6.45) is 8.19. The van der Waals surface area contributed by atoms with Crippen LogP contribution in [0.25, 0.3) is 0 Å². The molecular formula is C21H38Cl2N4O2. The van der Waals surface area contributed by atoms with Crippen molar-refractivity contribution in [3.05, 3.63) is 0 Å². The molecule has 8 heteroatoms. The van der Waals surface area contributed by atoms with Gasteiger partial charge in [0.15, 0.2) is 0 Å². The van der Waals surface area contributed by atoms with E-state index >= 15 is 0 Å². The lowest BCUT2D eigenvalue weighted by atomic mass is 9.84. The number of nitrogens with one attached hydrogen (secondary N) is 1. The number of piperazine rings is 1. The quantitative estimate of drug-likeness (QED) is 0.689. The van der Waals surface area contributed by atoms with Crippen LogP contribution in [0.5, 0.6) is 0 Å². The Labute approximate surface area is 187 Å². The first-order valence-electron chi connectivity index (χ1n) is 11.1. The predicted octanol–water partition coefficient (Wildman–Crippen LogP) is 2.04. The molecular weight excluding hydrogens is 411 g/mol. The highest BCUT2D eigenvalue weighted by Gasteiger charge is 2.50. The Hall–Kier alpha value is -0.560. The van der Waals surface area contributed by atoms with Crippen LogP contribution >= 0.6 is 24.8 Å². The van der Waals surface area contributed by atoms with E-state index in [1.54, 1.807) is 0 Å². The van der Waals surface area contributed by atoms with E-state index in [0.717, 1.165) is 51.4 Å². The molecule has 3 N–H and O–H groups in total. The van der Waals surface area contributed by atoms with Gasteiger partial charge in [0.25, 0.3) is 0 Å². The first-order chi connectivity index (χ1) is 13.0. The predicted molar refractivity (Wildman–Crippen MR) is 119 cm³/mol. The van der Waals surface area contributed by atoms with Gasteiger partial charge in [0, 0.05) is 38.3 Å². The molecule has 3 saturated carbocycles. The molecule has 4 rings (SSSR count). The van der Waals surface area contributed by atoms with Crippen molar-refractivity contribution < 1.29 is 9.59 Å². The van der Waals surface area contributed by atoms with Crippen LogP contribution in [0.2, 0.25) is 0 Å². The lowest BCUT2D eigenvalue weighted by Crippen LogP contribution is -2.55. The summed E-state index contributed by atoms with van der Waals surface area (Å²) in [5, 5.41) is 3.21. The number of nitrogens with zero attached hydrogens (tertiary/aromatic N) is 2. The summed E-state index contributed by atoms with van der Waals surface area (Å²) in [5.41, 5.74) is 6.35. The molecule has 4 fully saturated rings. The zero-order valence-corrected chi connectivity index (χ0v) is 19.2. The van der Waals surface area contributed by atoms with Gasteiger partial charge in [0.05, 0.1) is 12.5 Å². The van der Waals surface area contributed by atoms with Crippen LogP contribution in [0, 0.1) is 23.7 Å². The number of hydrogen-bond donors (Lipinski definition) is 2. The molecule has 168 valence electrons. The van der Waals surface area contributed by atoms with E-state index in [-0.39, 0.29) is 48.6 Å². The third kappa shape index (κ3) is 5.57. The Balaban J connectivity index is 0.00000150. The smallest absolute Gasteiger partial charge is 0.234 e. The normalized spacial score (nSPS) is 36.8. The summed E-state index contributed by atoms with van der Waals surface area (Å²) >= 11 is 0. The lowest BCUT2D eigenvalue weighted by Gasteiger charge is -2.38. The topological polar surface area (TPSA) is 78.7 Å². The zero-order valence-electron chi connectivity index (χ0n) is 17.6. The van der Waals surface area contributed by atoms with E-state index in [2.05, 4.69) is 17.1 Å². The minimum Gasteiger partial charge on any atom is -0.352 e. The number of halogens is 2. The van der Waals surface area contributed by atoms with Crippen LogP contribution in [0.3, 0.4) is 0 Å². The van der Waals surface area contributed by atoms with Gasteiger partial charge in [-0.2, -0.15) is 0 Å². The summed E-state index contributed by atoms with van der Waals surface area (Å²) in [5.74, 6) is 2.34. The molecule has 0 aromatic heterocycles. The number of hydrogen-bond acceptors (Lipinski definition) is 4. The number of amides is 2. The molecule has 1 heterocycles. The number of fused-ring (bicyclic) bond motifs is 2. The molecule has 2 bridgehead atoms. The first-order valence-corrected chi connectivity index (χ1v) is 11.1. The Morgan fingerprint density at radius 2 is 1.55 bits per heavy atom. The number of nitrogens with two attached hydrogens (primary N) is 1. The van der Waals surface area contributed by atoms with Crippen molar-refractivity contribution in [2.75, 3.05) is 32.7 Å². The van der Waals surface area contributed by atoms with Gasteiger partial charge in [0.2, 0.25) is 11.8 Å². The second-order valence-corrected chi connectivity index (χ2v) is 9.56. The maximum atomic E-state index is 13.0. The molecule has 4 atom stereocenters. The van der Waals surface area contributed by atoms with Gasteiger partial charge in [-0.15, -0.1) is 24.8 Å². The molecule has 6 nitrogen and oxygen atoms in total. The highest BCUT2D eigenvalue weighted by molar-refractivity contribution is 5.85. The van der Waals surface area contributed by atoms with Crippen molar-refractivity contribution >= 4 is 36.6 Å². The number of rotatable bonds is 4. The standard InChI is InChI=1S/C21H36N4O2.2ClH/c1-14-2-6-17(7-3-14)23-18(26)13-24-8-10-25(11-9-24)21(27)19-15-4-5-16(12-15)20(19)22;;/h14-17,19-20H,2-13,22H2,1H3,(H,23,26);2*1H. The molecule has 4 unspecified atom stereocenters. The minimum absolute atomic E-state index is 0. The maximum Gasteiger partial charge on any atom is 0.234 e. The maximum absolute atomic E-state index is 13.0. The van der Waals surface area contributed by atoms with Gasteiger partial charge in [-0.1, -0.05) is 6.92 Å². The monoisotopic (exact) mass is 448 g/mol. The summed E-state index contributed by atoms with van der Waals surface area (Å²) in [4.78, 5) is 29.5. The Morgan fingerprint density at radius 3 is 2.14 bits per heavy atom. The van der Waals surface area contributed by atoms with Crippen LogP contribution in [0.15, 0.2) is 0 Å². The van der Waals surface area contributed by atoms with Gasteiger partial charge < -0.3 is 16.0 Å². The summed E-state index contributed by atoms with van der Waals surface area (Å²) < 4.78 is 0. The largest absolute Gasteiger partial charge is 0.352 e. The van der Waals surface area contributed by atoms with E-state index in [1.165, 1.54) is 25.7 Å². The zero-order chi connectivity index (χ0) is 19.0. The average molecular weight is 449 g/mol. The Bertz CT molecular complexity index is 561. The Kier molecular flexibility index (Phi) is 9.07. The fourth-order valence-corrected chi connectivity index (χ4v) is 5.92. The van der Waals surface area contributed by atoms with Gasteiger partial charge in [-0.3, -0.25) is 14.5 Å². The summed E-state index contributed by atoms with van der Waals surface area (Å²) in [6.45, 7) is 5.79. The molecule has 2 amide bonds. The van der Waals surface area contributed by atoms with Crippen LogP contribution in [-0.2, 0) is 9.59 Å². The van der Waals surface area contributed by atoms with Crippen molar-refractivity contribution in [1.29, 1.82) is 0 Å². The van der Waals surface area contributed by atoms with Gasteiger partial charge in [-0.05, 0) is 62.7 Å². The molecule has 0 radical (unpaired) electrons. The van der Waals surface area contributed by atoms with Crippen molar-refractivity contribution in [2.24, 2.45) is 29.4 Å². The highest BCUT2D eigenvalue weighted by atomic mass is 35.5. The molecule has 0 aromatic carbocycles. The Morgan fingerprint density at radius 1 is 0.931 bits per heavy atom. The average Bonchev–Trinajstić information content (AvgIpc) is 3.25. The van der Waals surface area contributed by atoms with Crippen LogP contribution < -0.4 is 11.1 Å². The van der Waals surface area contributed by atoms with Gasteiger partial charge >= 0.3 is 0 Å². The molecule has 3 aliphatic carbocycles. The molecule has 0 spiro atoms. The third-order valence-corrected chi connectivity index (χ3v) is 7.70. The fourth-order valence-electron chi connectivity index (χ4n) is 5.92. The second kappa shape index (κ2) is 10.7. The van der Waals surface area contributed by atoms with Gasteiger partial charge in [-0.25, -0.2) is 0 Å². The van der Waals surface area contributed by atoms with Gasteiger partial charge in [0.1, 0.15) is 0 Å². The SMILES string of the molecule is CC1CCC(NC(=O)CN2CCN(C(=O)C3C4CCC(C4)C3N)CC2)CC1.Cl.Cl. The second-order valence-electron chi connectivity index (χ2n) is 9.56. The minimum atomic E-state index is 0. The van der Waals surface area contributed by atoms with Crippen molar-refractivity contribution in [3.63, 3.8) is 0 Å². The van der Waals surface area contributed by atoms with Crippen LogP contribution in [0.1, 0.15) is 51.9 Å². The number of carbonyl (C=O) groups is 2. The van der Waals surface area contributed by atoms with Crippen molar-refractivity contribution in [1.82, 2.24) is 15.1 Å². The first kappa shape index (κ1) is 24.7. The van der Waals surface area contributed by atoms with Crippen molar-refractivity contribution in [3.8, 4) is 0 Å². The van der Waals surface area contributed by atoms with E-state index in [9.17, 15) is 9.59 Å². The van der Waals surface area contributed by atoms with Crippen LogP contribution in [-0.4, -0.2) is 66.4 Å². The highest BCUT2D eigenvalue weighted by Crippen LogP contribution is 2.48. The van der Waals surface area contributed by atoms with E-state index in [1.807, 2.05) is 4.90 Å². The summed E-state index contributed by atoms with van der Waals surface area (Å²) in [7, 11) is 0. The molecule has 29 heavy (non-hydrogen) atoms. The lowest BCUT2D eigenvalue weighted by molar-refractivity contribution is -0.139. The van der Waals surface area contributed by atoms with Crippen LogP contribution in [0.4, 0.5) is 0 Å².